The molecule has 1 N–H and O–H groups in total. The molecule has 0 aliphatic heterocycles. The summed E-state index contributed by atoms with van der Waals surface area (Å²) in [5.74, 6) is 0.109. The van der Waals surface area contributed by atoms with Gasteiger partial charge in [-0.1, -0.05) is 29.3 Å². The van der Waals surface area contributed by atoms with Crippen molar-refractivity contribution >= 4 is 41.5 Å². The lowest BCUT2D eigenvalue weighted by molar-refractivity contribution is -0.132. The SMILES string of the molecule is CNCCN(C)C(=O)C1(c2c(Cl)cccc2Cl)CC1.Cl. The Balaban J connectivity index is 0.00000200. The Morgan fingerprint density at radius 3 is 2.35 bits per heavy atom. The molecule has 1 fully saturated rings. The first-order valence-corrected chi connectivity index (χ1v) is 7.13. The van der Waals surface area contributed by atoms with Gasteiger partial charge in [0.1, 0.15) is 0 Å². The molecule has 0 aromatic heterocycles. The van der Waals surface area contributed by atoms with E-state index in [1.807, 2.05) is 14.1 Å². The lowest BCUT2D eigenvalue weighted by atomic mass is 9.94. The molecule has 1 aromatic carbocycles. The lowest BCUT2D eigenvalue weighted by Crippen LogP contribution is -2.40. The van der Waals surface area contributed by atoms with Gasteiger partial charge in [-0.15, -0.1) is 12.4 Å². The molecule has 3 nitrogen and oxygen atoms in total. The summed E-state index contributed by atoms with van der Waals surface area (Å²) in [5.41, 5.74) is 0.289. The fourth-order valence-corrected chi connectivity index (χ4v) is 3.16. The third-order valence-corrected chi connectivity index (χ3v) is 4.27. The molecule has 0 atom stereocenters. The molecule has 0 radical (unpaired) electrons. The third kappa shape index (κ3) is 3.22. The van der Waals surface area contributed by atoms with Gasteiger partial charge in [0.15, 0.2) is 0 Å². The van der Waals surface area contributed by atoms with Crippen molar-refractivity contribution in [1.29, 1.82) is 0 Å². The third-order valence-electron chi connectivity index (χ3n) is 3.64. The summed E-state index contributed by atoms with van der Waals surface area (Å²) in [4.78, 5) is 14.4. The second-order valence-corrected chi connectivity index (χ2v) is 5.82. The van der Waals surface area contributed by atoms with Crippen LogP contribution in [0.15, 0.2) is 18.2 Å². The number of halogens is 3. The summed E-state index contributed by atoms with van der Waals surface area (Å²) in [5, 5.41) is 4.21. The van der Waals surface area contributed by atoms with Crippen LogP contribution < -0.4 is 5.32 Å². The molecule has 112 valence electrons. The van der Waals surface area contributed by atoms with Gasteiger partial charge in [0, 0.05) is 35.7 Å². The van der Waals surface area contributed by atoms with E-state index < -0.39 is 5.41 Å². The van der Waals surface area contributed by atoms with Crippen LogP contribution in [0.5, 0.6) is 0 Å². The molecule has 0 saturated heterocycles. The molecule has 0 spiro atoms. The van der Waals surface area contributed by atoms with Crippen molar-refractivity contribution in [2.45, 2.75) is 18.3 Å². The molecule has 1 saturated carbocycles. The minimum Gasteiger partial charge on any atom is -0.344 e. The van der Waals surface area contributed by atoms with E-state index >= 15 is 0 Å². The molecule has 6 heteroatoms. The Kier molecular flexibility index (Phi) is 6.14. The standard InChI is InChI=1S/C14H18Cl2N2O.ClH/c1-17-8-9-18(2)13(19)14(6-7-14)12-10(15)4-3-5-11(12)16;/h3-5,17H,6-9H2,1-2H3;1H. The highest BCUT2D eigenvalue weighted by Crippen LogP contribution is 2.53. The fourth-order valence-electron chi connectivity index (χ4n) is 2.40. The first-order chi connectivity index (χ1) is 9.03. The molecule has 1 amide bonds. The van der Waals surface area contributed by atoms with Crippen LogP contribution in [0.3, 0.4) is 0 Å². The van der Waals surface area contributed by atoms with E-state index in [2.05, 4.69) is 5.32 Å². The van der Waals surface area contributed by atoms with Gasteiger partial charge in [-0.25, -0.2) is 0 Å². The molecule has 0 bridgehead atoms. The van der Waals surface area contributed by atoms with Crippen LogP contribution in [-0.4, -0.2) is 38.0 Å². The average Bonchev–Trinajstić information content (AvgIpc) is 3.16. The summed E-state index contributed by atoms with van der Waals surface area (Å²) in [6.07, 6.45) is 1.64. The van der Waals surface area contributed by atoms with Crippen LogP contribution >= 0.6 is 35.6 Å². The fraction of sp³-hybridized carbons (Fsp3) is 0.500. The summed E-state index contributed by atoms with van der Waals surface area (Å²) in [7, 11) is 3.70. The Morgan fingerprint density at radius 2 is 1.90 bits per heavy atom. The molecule has 1 aromatic rings. The zero-order valence-electron chi connectivity index (χ0n) is 11.6. The van der Waals surface area contributed by atoms with Gasteiger partial charge >= 0.3 is 0 Å². The van der Waals surface area contributed by atoms with Crippen LogP contribution in [0.2, 0.25) is 10.0 Å². The summed E-state index contributed by atoms with van der Waals surface area (Å²) >= 11 is 12.5. The maximum absolute atomic E-state index is 12.6. The van der Waals surface area contributed by atoms with E-state index in [0.717, 1.165) is 24.9 Å². The predicted octanol–water partition coefficient (Wildman–Crippen LogP) is 3.12. The Bertz CT molecular complexity index is 469. The quantitative estimate of drug-likeness (QED) is 0.895. The molecule has 20 heavy (non-hydrogen) atoms. The van der Waals surface area contributed by atoms with E-state index in [0.29, 0.717) is 16.6 Å². The molecular formula is C14H19Cl3N2O. The Labute approximate surface area is 136 Å². The van der Waals surface area contributed by atoms with Crippen molar-refractivity contribution < 1.29 is 4.79 Å². The first-order valence-electron chi connectivity index (χ1n) is 6.37. The highest BCUT2D eigenvalue weighted by molar-refractivity contribution is 6.36. The van der Waals surface area contributed by atoms with Gasteiger partial charge in [-0.3, -0.25) is 4.79 Å². The highest BCUT2D eigenvalue weighted by atomic mass is 35.5. The van der Waals surface area contributed by atoms with Gasteiger partial charge < -0.3 is 10.2 Å². The number of nitrogens with one attached hydrogen (secondary N) is 1. The van der Waals surface area contributed by atoms with Crippen LogP contribution in [-0.2, 0) is 10.2 Å². The number of hydrogen-bond donors (Lipinski definition) is 1. The highest BCUT2D eigenvalue weighted by Gasteiger charge is 2.54. The molecular weight excluding hydrogens is 319 g/mol. The average molecular weight is 338 g/mol. The number of rotatable bonds is 5. The van der Waals surface area contributed by atoms with Crippen molar-refractivity contribution in [3.8, 4) is 0 Å². The summed E-state index contributed by atoms with van der Waals surface area (Å²) in [6, 6.07) is 5.40. The van der Waals surface area contributed by atoms with Crippen LogP contribution in [0.4, 0.5) is 0 Å². The summed E-state index contributed by atoms with van der Waals surface area (Å²) < 4.78 is 0. The van der Waals surface area contributed by atoms with E-state index in [1.54, 1.807) is 23.1 Å². The number of nitrogens with zero attached hydrogens (tertiary/aromatic N) is 1. The first kappa shape index (κ1) is 17.6. The van der Waals surface area contributed by atoms with E-state index in [9.17, 15) is 4.79 Å². The van der Waals surface area contributed by atoms with Crippen molar-refractivity contribution in [3.05, 3.63) is 33.8 Å². The van der Waals surface area contributed by atoms with Crippen LogP contribution in [0.25, 0.3) is 0 Å². The minimum absolute atomic E-state index is 0. The number of benzene rings is 1. The van der Waals surface area contributed by atoms with Gasteiger partial charge in [0.25, 0.3) is 0 Å². The van der Waals surface area contributed by atoms with Crippen molar-refractivity contribution in [3.63, 3.8) is 0 Å². The number of hydrogen-bond acceptors (Lipinski definition) is 2. The summed E-state index contributed by atoms with van der Waals surface area (Å²) in [6.45, 7) is 1.45. The number of amides is 1. The molecule has 1 aliphatic carbocycles. The second kappa shape index (κ2) is 6.99. The van der Waals surface area contributed by atoms with Crippen LogP contribution in [0, 0.1) is 0 Å². The second-order valence-electron chi connectivity index (χ2n) is 5.01. The topological polar surface area (TPSA) is 32.3 Å². The van der Waals surface area contributed by atoms with Gasteiger partial charge in [-0.05, 0) is 32.0 Å². The van der Waals surface area contributed by atoms with Gasteiger partial charge in [-0.2, -0.15) is 0 Å². The maximum atomic E-state index is 12.6. The molecule has 2 rings (SSSR count). The minimum atomic E-state index is -0.502. The largest absolute Gasteiger partial charge is 0.344 e. The molecule has 0 heterocycles. The van der Waals surface area contributed by atoms with Gasteiger partial charge in [0.05, 0.1) is 5.41 Å². The normalized spacial score (nSPS) is 15.4. The lowest BCUT2D eigenvalue weighted by Gasteiger charge is -2.25. The smallest absolute Gasteiger partial charge is 0.233 e. The van der Waals surface area contributed by atoms with Gasteiger partial charge in [0.2, 0.25) is 5.91 Å². The Hall–Kier alpha value is -0.480. The molecule has 0 unspecified atom stereocenters. The number of carbonyl (C=O) groups excluding carboxylic acids is 1. The maximum Gasteiger partial charge on any atom is 0.233 e. The van der Waals surface area contributed by atoms with Crippen molar-refractivity contribution in [1.82, 2.24) is 10.2 Å². The number of carbonyl (C=O) groups is 1. The van der Waals surface area contributed by atoms with E-state index in [1.165, 1.54) is 0 Å². The van der Waals surface area contributed by atoms with Crippen molar-refractivity contribution in [2.24, 2.45) is 0 Å². The Morgan fingerprint density at radius 1 is 1.35 bits per heavy atom. The van der Waals surface area contributed by atoms with Crippen molar-refractivity contribution in [2.75, 3.05) is 27.2 Å². The predicted molar refractivity (Wildman–Crippen MR) is 86.2 cm³/mol. The number of likely N-dealkylation sites (N-methyl/N-ethyl adjacent to an activating group) is 2. The monoisotopic (exact) mass is 336 g/mol. The zero-order chi connectivity index (χ0) is 14.0. The van der Waals surface area contributed by atoms with E-state index in [4.69, 9.17) is 23.2 Å². The zero-order valence-corrected chi connectivity index (χ0v) is 13.9. The van der Waals surface area contributed by atoms with Crippen LogP contribution in [0.1, 0.15) is 18.4 Å². The molecule has 1 aliphatic rings. The van der Waals surface area contributed by atoms with E-state index in [-0.39, 0.29) is 18.3 Å².